The van der Waals surface area contributed by atoms with Crippen LogP contribution in [0, 0.1) is 0 Å². The highest BCUT2D eigenvalue weighted by Crippen LogP contribution is 2.30. The molecule has 0 amide bonds. The van der Waals surface area contributed by atoms with E-state index >= 15 is 0 Å². The van der Waals surface area contributed by atoms with Crippen molar-refractivity contribution in [2.24, 2.45) is 0 Å². The lowest BCUT2D eigenvalue weighted by molar-refractivity contribution is 0.149. The molecule has 1 fully saturated rings. The maximum absolute atomic E-state index is 9.24. The van der Waals surface area contributed by atoms with Gasteiger partial charge in [-0.3, -0.25) is 4.90 Å². The van der Waals surface area contributed by atoms with E-state index in [4.69, 9.17) is 0 Å². The Balaban J connectivity index is 1.98. The van der Waals surface area contributed by atoms with Crippen LogP contribution in [0.25, 0.3) is 0 Å². The lowest BCUT2D eigenvalue weighted by Gasteiger charge is -2.30. The Hall–Kier alpha value is 0.0600. The maximum Gasteiger partial charge on any atom is 0.0701 e. The average molecular weight is 333 g/mol. The second-order valence-electron chi connectivity index (χ2n) is 4.83. The molecule has 2 N–H and O–H groups in total. The molecule has 2 rings (SSSR count). The van der Waals surface area contributed by atoms with E-state index in [1.807, 2.05) is 0 Å². The normalized spacial score (nSPS) is 21.7. The minimum absolute atomic E-state index is 0.226. The van der Waals surface area contributed by atoms with E-state index in [0.29, 0.717) is 12.1 Å². The molecule has 18 heavy (non-hydrogen) atoms. The zero-order chi connectivity index (χ0) is 13.0. The lowest BCUT2D eigenvalue weighted by atomic mass is 10.1. The van der Waals surface area contributed by atoms with Gasteiger partial charge in [-0.25, -0.2) is 0 Å². The summed E-state index contributed by atoms with van der Waals surface area (Å²) in [5.41, 5.74) is 0. The Labute approximate surface area is 121 Å². The molecular weight excluding hydrogens is 312 g/mol. The minimum Gasteiger partial charge on any atom is -0.395 e. The van der Waals surface area contributed by atoms with E-state index in [9.17, 15) is 5.11 Å². The molecule has 0 aliphatic carbocycles. The third-order valence-electron chi connectivity index (χ3n) is 3.56. The van der Waals surface area contributed by atoms with Crippen molar-refractivity contribution in [1.29, 1.82) is 0 Å². The van der Waals surface area contributed by atoms with Gasteiger partial charge in [0.05, 0.1) is 10.4 Å². The van der Waals surface area contributed by atoms with Crippen LogP contribution in [0.15, 0.2) is 15.9 Å². The topological polar surface area (TPSA) is 35.5 Å². The average Bonchev–Trinajstić information content (AvgIpc) is 2.99. The number of nitrogens with zero attached hydrogens (tertiary/aromatic N) is 1. The van der Waals surface area contributed by atoms with Crippen LogP contribution in [0.2, 0.25) is 0 Å². The summed E-state index contributed by atoms with van der Waals surface area (Å²) < 4.78 is 1.17. The van der Waals surface area contributed by atoms with Crippen LogP contribution < -0.4 is 5.32 Å². The van der Waals surface area contributed by atoms with Crippen LogP contribution in [-0.4, -0.2) is 42.3 Å². The summed E-state index contributed by atoms with van der Waals surface area (Å²) in [6, 6.07) is 5.23. The molecule has 0 bridgehead atoms. The predicted molar refractivity (Wildman–Crippen MR) is 80.1 cm³/mol. The van der Waals surface area contributed by atoms with Gasteiger partial charge in [-0.15, -0.1) is 11.3 Å². The van der Waals surface area contributed by atoms with Crippen molar-refractivity contribution in [1.82, 2.24) is 10.2 Å². The molecule has 2 unspecified atom stereocenters. The van der Waals surface area contributed by atoms with E-state index in [0.717, 1.165) is 19.6 Å². The molecule has 1 aliphatic rings. The van der Waals surface area contributed by atoms with Crippen LogP contribution >= 0.6 is 27.3 Å². The zero-order valence-electron chi connectivity index (χ0n) is 10.7. The van der Waals surface area contributed by atoms with E-state index < -0.39 is 0 Å². The molecule has 0 radical (unpaired) electrons. The van der Waals surface area contributed by atoms with Crippen molar-refractivity contribution in [2.75, 3.05) is 26.2 Å². The van der Waals surface area contributed by atoms with Crippen molar-refractivity contribution in [2.45, 2.75) is 31.8 Å². The SMILES string of the molecule is CC(c1ccc(Br)s1)N(CCO)CC1CCCN1. The third-order valence-corrected chi connectivity index (χ3v) is 5.35. The molecule has 1 aromatic rings. The van der Waals surface area contributed by atoms with Crippen molar-refractivity contribution in [3.8, 4) is 0 Å². The Morgan fingerprint density at radius 1 is 1.61 bits per heavy atom. The van der Waals surface area contributed by atoms with Gasteiger partial charge in [0.15, 0.2) is 0 Å². The monoisotopic (exact) mass is 332 g/mol. The molecule has 1 aromatic heterocycles. The number of thiophene rings is 1. The molecule has 5 heteroatoms. The first-order valence-corrected chi connectivity index (χ1v) is 8.15. The molecular formula is C13H21BrN2OS. The van der Waals surface area contributed by atoms with Gasteiger partial charge in [0, 0.05) is 30.1 Å². The van der Waals surface area contributed by atoms with E-state index in [2.05, 4.69) is 45.2 Å². The molecule has 0 saturated carbocycles. The van der Waals surface area contributed by atoms with Gasteiger partial charge in [-0.1, -0.05) is 0 Å². The third kappa shape index (κ3) is 3.78. The Bertz CT molecular complexity index is 366. The first kappa shape index (κ1) is 14.5. The van der Waals surface area contributed by atoms with Crippen molar-refractivity contribution in [3.63, 3.8) is 0 Å². The molecule has 1 aliphatic heterocycles. The largest absolute Gasteiger partial charge is 0.395 e. The van der Waals surface area contributed by atoms with Gasteiger partial charge in [0.25, 0.3) is 0 Å². The van der Waals surface area contributed by atoms with Crippen molar-refractivity contribution < 1.29 is 5.11 Å². The maximum atomic E-state index is 9.24. The standard InChI is InChI=1S/C13H21BrN2OS/c1-10(12-4-5-13(14)18-12)16(7-8-17)9-11-3-2-6-15-11/h4-5,10-11,15,17H,2-3,6-9H2,1H3. The Kier molecular flexibility index (Phi) is 5.63. The summed E-state index contributed by atoms with van der Waals surface area (Å²) in [5.74, 6) is 0. The number of aliphatic hydroxyl groups excluding tert-OH is 1. The van der Waals surface area contributed by atoms with Gasteiger partial charge < -0.3 is 10.4 Å². The van der Waals surface area contributed by atoms with Crippen molar-refractivity contribution >= 4 is 27.3 Å². The second kappa shape index (κ2) is 7.01. The molecule has 102 valence electrons. The fourth-order valence-corrected chi connectivity index (χ4v) is 4.01. The smallest absolute Gasteiger partial charge is 0.0701 e. The zero-order valence-corrected chi connectivity index (χ0v) is 13.1. The van der Waals surface area contributed by atoms with Gasteiger partial charge in [-0.2, -0.15) is 0 Å². The van der Waals surface area contributed by atoms with Gasteiger partial charge in [0.1, 0.15) is 0 Å². The first-order valence-electron chi connectivity index (χ1n) is 6.54. The van der Waals surface area contributed by atoms with Gasteiger partial charge in [-0.05, 0) is 54.4 Å². The summed E-state index contributed by atoms with van der Waals surface area (Å²) >= 11 is 5.30. The highest BCUT2D eigenvalue weighted by atomic mass is 79.9. The Morgan fingerprint density at radius 2 is 2.44 bits per heavy atom. The lowest BCUT2D eigenvalue weighted by Crippen LogP contribution is -2.40. The van der Waals surface area contributed by atoms with Crippen LogP contribution in [-0.2, 0) is 0 Å². The first-order chi connectivity index (χ1) is 8.70. The highest BCUT2D eigenvalue weighted by Gasteiger charge is 2.22. The van der Waals surface area contributed by atoms with Crippen LogP contribution in [0.3, 0.4) is 0 Å². The number of hydrogen-bond acceptors (Lipinski definition) is 4. The molecule has 3 nitrogen and oxygen atoms in total. The summed E-state index contributed by atoms with van der Waals surface area (Å²) in [7, 11) is 0. The molecule has 0 spiro atoms. The van der Waals surface area contributed by atoms with Gasteiger partial charge >= 0.3 is 0 Å². The second-order valence-corrected chi connectivity index (χ2v) is 7.32. The van der Waals surface area contributed by atoms with E-state index in [1.54, 1.807) is 11.3 Å². The highest BCUT2D eigenvalue weighted by molar-refractivity contribution is 9.11. The quantitative estimate of drug-likeness (QED) is 0.840. The van der Waals surface area contributed by atoms with Crippen LogP contribution in [0.5, 0.6) is 0 Å². The summed E-state index contributed by atoms with van der Waals surface area (Å²) in [6.07, 6.45) is 2.53. The van der Waals surface area contributed by atoms with E-state index in [1.165, 1.54) is 21.5 Å². The van der Waals surface area contributed by atoms with Crippen LogP contribution in [0.4, 0.5) is 0 Å². The molecule has 2 atom stereocenters. The molecule has 1 saturated heterocycles. The number of rotatable bonds is 6. The molecule has 0 aromatic carbocycles. The number of nitrogens with one attached hydrogen (secondary N) is 1. The Morgan fingerprint density at radius 3 is 3.00 bits per heavy atom. The predicted octanol–water partition coefficient (Wildman–Crippen LogP) is 2.62. The summed E-state index contributed by atoms with van der Waals surface area (Å²) in [5, 5.41) is 12.8. The van der Waals surface area contributed by atoms with E-state index in [-0.39, 0.29) is 6.61 Å². The number of aliphatic hydroxyl groups is 1. The van der Waals surface area contributed by atoms with Crippen molar-refractivity contribution in [3.05, 3.63) is 20.8 Å². The van der Waals surface area contributed by atoms with Crippen LogP contribution in [0.1, 0.15) is 30.7 Å². The number of halogens is 1. The molecule has 2 heterocycles. The fourth-order valence-electron chi connectivity index (χ4n) is 2.50. The fraction of sp³-hybridized carbons (Fsp3) is 0.692. The minimum atomic E-state index is 0.226. The van der Waals surface area contributed by atoms with Gasteiger partial charge in [0.2, 0.25) is 0 Å². The summed E-state index contributed by atoms with van der Waals surface area (Å²) in [4.78, 5) is 3.73. The number of hydrogen-bond donors (Lipinski definition) is 2. The summed E-state index contributed by atoms with van der Waals surface area (Å²) in [6.45, 7) is 5.36.